The number of nitrogens with one attached hydrogen (secondary N) is 1. The van der Waals surface area contributed by atoms with E-state index in [0.717, 1.165) is 30.5 Å². The van der Waals surface area contributed by atoms with Gasteiger partial charge in [-0.15, -0.1) is 0 Å². The van der Waals surface area contributed by atoms with Gasteiger partial charge in [-0.05, 0) is 36.6 Å². The molecule has 1 saturated heterocycles. The lowest BCUT2D eigenvalue weighted by Gasteiger charge is -2.29. The molecular formula is C29H34N4O3S. The maximum atomic E-state index is 12.9. The summed E-state index contributed by atoms with van der Waals surface area (Å²) in [5.41, 5.74) is 3.99. The van der Waals surface area contributed by atoms with Gasteiger partial charge in [0.15, 0.2) is 0 Å². The first-order valence-electron chi connectivity index (χ1n) is 12.5. The minimum absolute atomic E-state index is 0. The van der Waals surface area contributed by atoms with Crippen molar-refractivity contribution in [1.29, 1.82) is 0 Å². The Balaban J connectivity index is 0.00000320. The molecule has 1 aliphatic heterocycles. The molecule has 1 amide bonds. The quantitative estimate of drug-likeness (QED) is 0.360. The summed E-state index contributed by atoms with van der Waals surface area (Å²) >= 11 is 0. The normalized spacial score (nSPS) is 16.1. The summed E-state index contributed by atoms with van der Waals surface area (Å²) in [5, 5.41) is 0. The van der Waals surface area contributed by atoms with E-state index in [4.69, 9.17) is 4.74 Å². The number of likely N-dealkylation sites (tertiary alicyclic amines) is 1. The third-order valence-electron chi connectivity index (χ3n) is 6.94. The van der Waals surface area contributed by atoms with Gasteiger partial charge in [-0.1, -0.05) is 72.8 Å². The van der Waals surface area contributed by atoms with E-state index in [1.807, 2.05) is 60.7 Å². The maximum Gasteiger partial charge on any atom is 0.409 e. The SMILES string of the molecule is C[C@@H](COC(=O)N1CCC(n2c(=O)[nH]c3ccccc32)C1)N(Cc1ccccc1)Cc1ccccc1.S. The fourth-order valence-corrected chi connectivity index (χ4v) is 4.95. The van der Waals surface area contributed by atoms with E-state index in [-0.39, 0.29) is 37.4 Å². The number of rotatable bonds is 8. The van der Waals surface area contributed by atoms with Gasteiger partial charge in [0.1, 0.15) is 6.61 Å². The summed E-state index contributed by atoms with van der Waals surface area (Å²) in [5.74, 6) is 0. The molecule has 1 aliphatic rings. The van der Waals surface area contributed by atoms with Gasteiger partial charge in [0.2, 0.25) is 0 Å². The number of ether oxygens (including phenoxy) is 1. The van der Waals surface area contributed by atoms with Gasteiger partial charge in [0.05, 0.1) is 17.1 Å². The second-order valence-corrected chi connectivity index (χ2v) is 9.51. The monoisotopic (exact) mass is 518 g/mol. The van der Waals surface area contributed by atoms with Crippen molar-refractivity contribution < 1.29 is 9.53 Å². The average Bonchev–Trinajstić information content (AvgIpc) is 3.51. The molecule has 1 N–H and O–H groups in total. The Kier molecular flexibility index (Phi) is 8.74. The molecule has 1 unspecified atom stereocenters. The summed E-state index contributed by atoms with van der Waals surface area (Å²) < 4.78 is 7.55. The first kappa shape index (κ1) is 26.6. The number of hydrogen-bond donors (Lipinski definition) is 1. The fourth-order valence-electron chi connectivity index (χ4n) is 4.95. The number of fused-ring (bicyclic) bond motifs is 1. The van der Waals surface area contributed by atoms with Crippen LogP contribution in [0.5, 0.6) is 0 Å². The van der Waals surface area contributed by atoms with E-state index in [0.29, 0.717) is 19.7 Å². The molecule has 194 valence electrons. The highest BCUT2D eigenvalue weighted by Gasteiger charge is 2.31. The number of carbonyl (C=O) groups is 1. The molecule has 1 fully saturated rings. The molecule has 1 aromatic heterocycles. The first-order chi connectivity index (χ1) is 17.6. The van der Waals surface area contributed by atoms with Crippen molar-refractivity contribution >= 4 is 30.6 Å². The fraction of sp³-hybridized carbons (Fsp3) is 0.310. The van der Waals surface area contributed by atoms with Crippen LogP contribution in [0.25, 0.3) is 11.0 Å². The van der Waals surface area contributed by atoms with E-state index in [1.54, 1.807) is 9.47 Å². The Labute approximate surface area is 224 Å². The zero-order chi connectivity index (χ0) is 24.9. The van der Waals surface area contributed by atoms with Gasteiger partial charge in [0, 0.05) is 32.2 Å². The summed E-state index contributed by atoms with van der Waals surface area (Å²) in [6, 6.07) is 28.3. The van der Waals surface area contributed by atoms with Crippen molar-refractivity contribution in [3.63, 3.8) is 0 Å². The molecule has 37 heavy (non-hydrogen) atoms. The molecule has 4 aromatic rings. The number of nitrogens with zero attached hydrogens (tertiary/aromatic N) is 3. The Morgan fingerprint density at radius 1 is 0.973 bits per heavy atom. The molecular weight excluding hydrogens is 484 g/mol. The third-order valence-corrected chi connectivity index (χ3v) is 6.94. The number of hydrogen-bond acceptors (Lipinski definition) is 4. The van der Waals surface area contributed by atoms with Crippen molar-refractivity contribution in [2.24, 2.45) is 0 Å². The predicted octanol–water partition coefficient (Wildman–Crippen LogP) is 4.92. The Bertz CT molecular complexity index is 1310. The van der Waals surface area contributed by atoms with Gasteiger partial charge >= 0.3 is 11.8 Å². The minimum atomic E-state index is -0.323. The zero-order valence-corrected chi connectivity index (χ0v) is 22.0. The van der Waals surface area contributed by atoms with Gasteiger partial charge < -0.3 is 14.6 Å². The van der Waals surface area contributed by atoms with Crippen LogP contribution in [0, 0.1) is 0 Å². The van der Waals surface area contributed by atoms with Crippen molar-refractivity contribution in [3.05, 3.63) is 107 Å². The Hall–Kier alpha value is -3.49. The van der Waals surface area contributed by atoms with Crippen LogP contribution in [0.15, 0.2) is 89.7 Å². The highest BCUT2D eigenvalue weighted by atomic mass is 32.1. The van der Waals surface area contributed by atoms with Gasteiger partial charge in [0.25, 0.3) is 0 Å². The largest absolute Gasteiger partial charge is 0.448 e. The number of benzene rings is 3. The van der Waals surface area contributed by atoms with Crippen LogP contribution in [-0.4, -0.2) is 51.2 Å². The number of imidazole rings is 1. The molecule has 8 heteroatoms. The van der Waals surface area contributed by atoms with Crippen molar-refractivity contribution in [3.8, 4) is 0 Å². The van der Waals surface area contributed by atoms with Gasteiger partial charge in [-0.25, -0.2) is 9.59 Å². The summed E-state index contributed by atoms with van der Waals surface area (Å²) in [7, 11) is 0. The minimum Gasteiger partial charge on any atom is -0.448 e. The predicted molar refractivity (Wildman–Crippen MR) is 151 cm³/mol. The molecule has 0 bridgehead atoms. The lowest BCUT2D eigenvalue weighted by Crippen LogP contribution is -2.38. The zero-order valence-electron chi connectivity index (χ0n) is 21.0. The van der Waals surface area contributed by atoms with Gasteiger partial charge in [-0.2, -0.15) is 13.5 Å². The molecule has 0 spiro atoms. The van der Waals surface area contributed by atoms with Crippen LogP contribution in [0.4, 0.5) is 4.79 Å². The van der Waals surface area contributed by atoms with Crippen molar-refractivity contribution in [2.75, 3.05) is 19.7 Å². The summed E-state index contributed by atoms with van der Waals surface area (Å²) in [4.78, 5) is 32.5. The third kappa shape index (κ3) is 6.26. The molecule has 0 saturated carbocycles. The number of aromatic nitrogens is 2. The smallest absolute Gasteiger partial charge is 0.409 e. The maximum absolute atomic E-state index is 12.9. The second-order valence-electron chi connectivity index (χ2n) is 9.51. The molecule has 3 aromatic carbocycles. The molecule has 0 radical (unpaired) electrons. The van der Waals surface area contributed by atoms with E-state index in [2.05, 4.69) is 41.1 Å². The van der Waals surface area contributed by atoms with E-state index >= 15 is 0 Å². The standard InChI is InChI=1S/C29H32N4O3.H2S/c1-22(32(18-23-10-4-2-5-11-23)19-24-12-6-3-7-13-24)21-36-29(35)31-17-16-25(20-31)33-27-15-9-8-14-26(27)30-28(33)34;/h2-15,22,25H,16-21H2,1H3,(H,30,34);1H2/t22-,25?;/m0./s1. The van der Waals surface area contributed by atoms with Crippen LogP contribution < -0.4 is 5.69 Å². The average molecular weight is 519 g/mol. The lowest BCUT2D eigenvalue weighted by atomic mass is 10.1. The van der Waals surface area contributed by atoms with E-state index in [9.17, 15) is 9.59 Å². The van der Waals surface area contributed by atoms with Crippen LogP contribution in [0.2, 0.25) is 0 Å². The number of aromatic amines is 1. The number of H-pyrrole nitrogens is 1. The van der Waals surface area contributed by atoms with Crippen LogP contribution in [0.3, 0.4) is 0 Å². The Morgan fingerprint density at radius 3 is 2.22 bits per heavy atom. The van der Waals surface area contributed by atoms with Crippen molar-refractivity contribution in [1.82, 2.24) is 19.4 Å². The highest BCUT2D eigenvalue weighted by Crippen LogP contribution is 2.24. The molecule has 2 atom stereocenters. The highest BCUT2D eigenvalue weighted by molar-refractivity contribution is 7.59. The second kappa shape index (κ2) is 12.2. The number of para-hydroxylation sites is 2. The first-order valence-corrected chi connectivity index (χ1v) is 12.5. The van der Waals surface area contributed by atoms with Crippen molar-refractivity contribution in [2.45, 2.75) is 38.5 Å². The molecule has 2 heterocycles. The van der Waals surface area contributed by atoms with Crippen LogP contribution in [0.1, 0.15) is 30.5 Å². The van der Waals surface area contributed by atoms with E-state index < -0.39 is 0 Å². The lowest BCUT2D eigenvalue weighted by molar-refractivity contribution is 0.0681. The molecule has 5 rings (SSSR count). The van der Waals surface area contributed by atoms with E-state index in [1.165, 1.54) is 11.1 Å². The molecule has 0 aliphatic carbocycles. The topological polar surface area (TPSA) is 70.6 Å². The van der Waals surface area contributed by atoms with Crippen LogP contribution in [-0.2, 0) is 17.8 Å². The molecule has 7 nitrogen and oxygen atoms in total. The summed E-state index contributed by atoms with van der Waals surface area (Å²) in [6.07, 6.45) is 0.400. The Morgan fingerprint density at radius 2 is 1.57 bits per heavy atom. The number of amides is 1. The summed E-state index contributed by atoms with van der Waals surface area (Å²) in [6.45, 7) is 4.96. The van der Waals surface area contributed by atoms with Crippen LogP contribution >= 0.6 is 13.5 Å². The number of carbonyl (C=O) groups excluding carboxylic acids is 1. The van der Waals surface area contributed by atoms with Gasteiger partial charge in [-0.3, -0.25) is 9.47 Å².